The maximum atomic E-state index is 12.6. The monoisotopic (exact) mass is 385 g/mol. The van der Waals surface area contributed by atoms with Crippen molar-refractivity contribution in [1.29, 1.82) is 0 Å². The van der Waals surface area contributed by atoms with Crippen molar-refractivity contribution in [3.8, 4) is 11.5 Å². The third-order valence-electron chi connectivity index (χ3n) is 4.37. The van der Waals surface area contributed by atoms with Crippen molar-refractivity contribution in [3.63, 3.8) is 0 Å². The fourth-order valence-electron chi connectivity index (χ4n) is 3.15. The zero-order chi connectivity index (χ0) is 16.2. The predicted molar refractivity (Wildman–Crippen MR) is 104 cm³/mol. The van der Waals surface area contributed by atoms with Crippen LogP contribution in [0, 0.1) is 6.92 Å². The van der Waals surface area contributed by atoms with E-state index in [-0.39, 0.29) is 30.7 Å². The van der Waals surface area contributed by atoms with Gasteiger partial charge in [-0.3, -0.25) is 4.79 Å². The molecule has 0 radical (unpaired) electrons. The summed E-state index contributed by atoms with van der Waals surface area (Å²) in [6, 6.07) is 10.1. The van der Waals surface area contributed by atoms with Crippen molar-refractivity contribution >= 4 is 30.7 Å². The van der Waals surface area contributed by atoms with Gasteiger partial charge in [-0.1, -0.05) is 18.2 Å². The Morgan fingerprint density at radius 1 is 1.32 bits per heavy atom. The summed E-state index contributed by atoms with van der Waals surface area (Å²) >= 11 is 0. The number of hydrogen-bond acceptors (Lipinski definition) is 4. The molecule has 2 heterocycles. The number of benzene rings is 1. The van der Waals surface area contributed by atoms with Crippen molar-refractivity contribution in [3.05, 3.63) is 41.8 Å². The number of aromatic nitrogens is 1. The summed E-state index contributed by atoms with van der Waals surface area (Å²) in [7, 11) is 1.93. The molecule has 1 amide bonds. The lowest BCUT2D eigenvalue weighted by atomic mass is 10.2. The van der Waals surface area contributed by atoms with Crippen LogP contribution < -0.4 is 5.32 Å². The predicted octanol–water partition coefficient (Wildman–Crippen LogP) is 3.25. The highest BCUT2D eigenvalue weighted by Gasteiger charge is 2.29. The molecule has 3 rings (SSSR count). The second-order valence-electron chi connectivity index (χ2n) is 6.01. The van der Waals surface area contributed by atoms with Crippen LogP contribution >= 0.6 is 24.8 Å². The Morgan fingerprint density at radius 2 is 2.04 bits per heavy atom. The number of aryl methyl sites for hydroxylation is 1. The molecule has 5 nitrogen and oxygen atoms in total. The third kappa shape index (κ3) is 4.97. The number of likely N-dealkylation sites (N-methyl/N-ethyl adjacent to an activating group) is 1. The highest BCUT2D eigenvalue weighted by atomic mass is 35.5. The first-order chi connectivity index (χ1) is 11.2. The summed E-state index contributed by atoms with van der Waals surface area (Å²) in [5, 5.41) is 3.17. The number of carbonyl (C=O) groups is 1. The van der Waals surface area contributed by atoms with Crippen LogP contribution in [0.5, 0.6) is 0 Å². The van der Waals surface area contributed by atoms with Crippen molar-refractivity contribution in [1.82, 2.24) is 15.2 Å². The van der Waals surface area contributed by atoms with E-state index in [4.69, 9.17) is 4.42 Å². The van der Waals surface area contributed by atoms with Gasteiger partial charge in [0.15, 0.2) is 0 Å². The zero-order valence-electron chi connectivity index (χ0n) is 14.5. The first kappa shape index (κ1) is 21.5. The first-order valence-electron chi connectivity index (χ1n) is 8.15. The van der Waals surface area contributed by atoms with Gasteiger partial charge in [0.25, 0.3) is 0 Å². The van der Waals surface area contributed by atoms with Gasteiger partial charge < -0.3 is 14.6 Å². The SMILES string of the molecule is CNCC1CCCN1C(=O)Cc1nc(-c2ccccc2)oc1C.Cl.Cl. The normalized spacial score (nSPS) is 16.2. The van der Waals surface area contributed by atoms with E-state index in [1.807, 2.05) is 49.2 Å². The number of amides is 1. The lowest BCUT2D eigenvalue weighted by Crippen LogP contribution is -2.41. The summed E-state index contributed by atoms with van der Waals surface area (Å²) < 4.78 is 5.74. The number of nitrogens with zero attached hydrogens (tertiary/aromatic N) is 2. The Bertz CT molecular complexity index is 676. The van der Waals surface area contributed by atoms with Crippen LogP contribution in [0.1, 0.15) is 24.3 Å². The number of nitrogens with one attached hydrogen (secondary N) is 1. The van der Waals surface area contributed by atoms with Crippen molar-refractivity contribution in [2.24, 2.45) is 0 Å². The van der Waals surface area contributed by atoms with Crippen molar-refractivity contribution in [2.45, 2.75) is 32.2 Å². The van der Waals surface area contributed by atoms with Crippen LogP contribution in [0.15, 0.2) is 34.7 Å². The molecule has 0 aliphatic carbocycles. The molecule has 0 saturated carbocycles. The van der Waals surface area contributed by atoms with Gasteiger partial charge in [-0.05, 0) is 38.9 Å². The minimum atomic E-state index is 0. The second kappa shape index (κ2) is 9.80. The highest BCUT2D eigenvalue weighted by molar-refractivity contribution is 5.85. The lowest BCUT2D eigenvalue weighted by Gasteiger charge is -2.24. The molecule has 25 heavy (non-hydrogen) atoms. The number of rotatable bonds is 5. The van der Waals surface area contributed by atoms with Gasteiger partial charge in [-0.25, -0.2) is 4.98 Å². The van der Waals surface area contributed by atoms with Gasteiger partial charge in [-0.15, -0.1) is 24.8 Å². The second-order valence-corrected chi connectivity index (χ2v) is 6.01. The Morgan fingerprint density at radius 3 is 2.72 bits per heavy atom. The minimum absolute atomic E-state index is 0. The Balaban J connectivity index is 0.00000156. The van der Waals surface area contributed by atoms with E-state index in [9.17, 15) is 4.79 Å². The molecule has 1 atom stereocenters. The van der Waals surface area contributed by atoms with Gasteiger partial charge >= 0.3 is 0 Å². The molecule has 1 unspecified atom stereocenters. The lowest BCUT2D eigenvalue weighted by molar-refractivity contribution is -0.131. The molecule has 1 aromatic carbocycles. The first-order valence-corrected chi connectivity index (χ1v) is 8.15. The largest absolute Gasteiger partial charge is 0.441 e. The molecule has 0 bridgehead atoms. The Hall–Kier alpha value is -1.56. The van der Waals surface area contributed by atoms with E-state index in [1.165, 1.54) is 0 Å². The summed E-state index contributed by atoms with van der Waals surface area (Å²) in [5.41, 5.74) is 1.67. The topological polar surface area (TPSA) is 58.4 Å². The van der Waals surface area contributed by atoms with E-state index >= 15 is 0 Å². The van der Waals surface area contributed by atoms with Crippen LogP contribution in [0.25, 0.3) is 11.5 Å². The number of likely N-dealkylation sites (tertiary alicyclic amines) is 1. The third-order valence-corrected chi connectivity index (χ3v) is 4.37. The maximum absolute atomic E-state index is 12.6. The molecule has 138 valence electrons. The molecule has 1 aliphatic rings. The standard InChI is InChI=1S/C18H23N3O2.2ClH/c1-13-16(20-18(23-13)14-7-4-3-5-8-14)11-17(22)21-10-6-9-15(21)12-19-2;;/h3-5,7-8,15,19H,6,9-12H2,1-2H3;2*1H. The fraction of sp³-hybridized carbons (Fsp3) is 0.444. The molecular formula is C18H25Cl2N3O2. The average molecular weight is 386 g/mol. The number of hydrogen-bond donors (Lipinski definition) is 1. The Labute approximate surface area is 161 Å². The molecular weight excluding hydrogens is 361 g/mol. The Kier molecular flexibility index (Phi) is 8.42. The number of carbonyl (C=O) groups excluding carboxylic acids is 1. The smallest absolute Gasteiger partial charge is 0.229 e. The van der Waals surface area contributed by atoms with Gasteiger partial charge in [0, 0.05) is 24.7 Å². The molecule has 1 fully saturated rings. The fourth-order valence-corrected chi connectivity index (χ4v) is 3.15. The summed E-state index contributed by atoms with van der Waals surface area (Å²) in [6.45, 7) is 3.56. The maximum Gasteiger partial charge on any atom is 0.229 e. The molecule has 1 aromatic heterocycles. The molecule has 1 saturated heterocycles. The van der Waals surface area contributed by atoms with Crippen LogP contribution in [0.2, 0.25) is 0 Å². The summed E-state index contributed by atoms with van der Waals surface area (Å²) in [6.07, 6.45) is 2.45. The van der Waals surface area contributed by atoms with Gasteiger partial charge in [0.05, 0.1) is 12.1 Å². The van der Waals surface area contributed by atoms with Crippen molar-refractivity contribution < 1.29 is 9.21 Å². The molecule has 1 aliphatic heterocycles. The van der Waals surface area contributed by atoms with Crippen LogP contribution in [0.3, 0.4) is 0 Å². The van der Waals surface area contributed by atoms with Gasteiger partial charge in [0.2, 0.25) is 11.8 Å². The molecule has 7 heteroatoms. The van der Waals surface area contributed by atoms with Crippen LogP contribution in [-0.4, -0.2) is 42.0 Å². The number of oxazole rings is 1. The van der Waals surface area contributed by atoms with E-state index < -0.39 is 0 Å². The quantitative estimate of drug-likeness (QED) is 0.857. The van der Waals surface area contributed by atoms with E-state index in [1.54, 1.807) is 0 Å². The molecule has 0 spiro atoms. The molecule has 2 aromatic rings. The van der Waals surface area contributed by atoms with Gasteiger partial charge in [0.1, 0.15) is 5.76 Å². The summed E-state index contributed by atoms with van der Waals surface area (Å²) in [4.78, 5) is 19.1. The van der Waals surface area contributed by atoms with Crippen molar-refractivity contribution in [2.75, 3.05) is 20.1 Å². The number of halogens is 2. The van der Waals surface area contributed by atoms with Crippen LogP contribution in [0.4, 0.5) is 0 Å². The molecule has 1 N–H and O–H groups in total. The van der Waals surface area contributed by atoms with Crippen LogP contribution in [-0.2, 0) is 11.2 Å². The van der Waals surface area contributed by atoms with E-state index in [0.717, 1.165) is 42.9 Å². The van der Waals surface area contributed by atoms with Gasteiger partial charge in [-0.2, -0.15) is 0 Å². The summed E-state index contributed by atoms with van der Waals surface area (Å²) in [5.74, 6) is 1.44. The minimum Gasteiger partial charge on any atom is -0.441 e. The average Bonchev–Trinajstić information content (AvgIpc) is 3.16. The van der Waals surface area contributed by atoms with E-state index in [2.05, 4.69) is 10.3 Å². The highest BCUT2D eigenvalue weighted by Crippen LogP contribution is 2.23. The van der Waals surface area contributed by atoms with E-state index in [0.29, 0.717) is 18.4 Å². The zero-order valence-corrected chi connectivity index (χ0v) is 16.2.